The smallest absolute Gasteiger partial charge is 0.178 e. The maximum Gasteiger partial charge on any atom is 0.178 e. The van der Waals surface area contributed by atoms with E-state index in [0.717, 1.165) is 16.6 Å². The first-order chi connectivity index (χ1) is 10.1. The van der Waals surface area contributed by atoms with Crippen molar-refractivity contribution in [2.45, 2.75) is 13.0 Å². The first kappa shape index (κ1) is 13.9. The van der Waals surface area contributed by atoms with Gasteiger partial charge >= 0.3 is 0 Å². The summed E-state index contributed by atoms with van der Waals surface area (Å²) in [6, 6.07) is 15.6. The number of imidazole rings is 1. The second-order valence-corrected chi connectivity index (χ2v) is 5.66. The second-order valence-electron chi connectivity index (χ2n) is 4.84. The van der Waals surface area contributed by atoms with Gasteiger partial charge in [-0.25, -0.2) is 0 Å². The summed E-state index contributed by atoms with van der Waals surface area (Å²) in [5, 5.41) is 9.90. The normalized spacial score (nSPS) is 12.2. The molecule has 104 valence electrons. The zero-order valence-corrected chi connectivity index (χ0v) is 12.9. The fourth-order valence-corrected chi connectivity index (χ4v) is 3.00. The Balaban J connectivity index is 2.21. The van der Waals surface area contributed by atoms with E-state index < -0.39 is 0 Å². The van der Waals surface area contributed by atoms with Crippen LogP contribution in [0.5, 0.6) is 0 Å². The molecular weight excluding hydrogens is 302 g/mol. The zero-order chi connectivity index (χ0) is 15.0. The number of rotatable bonds is 2. The molecule has 0 spiro atoms. The van der Waals surface area contributed by atoms with Crippen molar-refractivity contribution in [3.63, 3.8) is 0 Å². The van der Waals surface area contributed by atoms with E-state index in [9.17, 15) is 5.26 Å². The summed E-state index contributed by atoms with van der Waals surface area (Å²) in [7, 11) is 0. The van der Waals surface area contributed by atoms with Gasteiger partial charge in [0.1, 0.15) is 6.07 Å². The highest BCUT2D eigenvalue weighted by Gasteiger charge is 2.14. The number of para-hydroxylation sites is 1. The van der Waals surface area contributed by atoms with Crippen LogP contribution in [0.15, 0.2) is 42.5 Å². The SMILES string of the molecule is CC(c1ccc(Cl)cc1)n1c(=S)[nH]c2c(C#N)cccc21. The Bertz CT molecular complexity index is 900. The molecule has 5 heteroatoms. The third kappa shape index (κ3) is 2.35. The quantitative estimate of drug-likeness (QED) is 0.688. The van der Waals surface area contributed by atoms with Gasteiger partial charge in [0.25, 0.3) is 0 Å². The van der Waals surface area contributed by atoms with Crippen LogP contribution in [0.4, 0.5) is 0 Å². The highest BCUT2D eigenvalue weighted by Crippen LogP contribution is 2.26. The van der Waals surface area contributed by atoms with Crippen LogP contribution in [0.2, 0.25) is 5.02 Å². The third-order valence-corrected chi connectivity index (χ3v) is 4.16. The fourth-order valence-electron chi connectivity index (χ4n) is 2.52. The van der Waals surface area contributed by atoms with E-state index >= 15 is 0 Å². The molecule has 0 amide bonds. The highest BCUT2D eigenvalue weighted by atomic mass is 35.5. The summed E-state index contributed by atoms with van der Waals surface area (Å²) >= 11 is 11.4. The summed E-state index contributed by atoms with van der Waals surface area (Å²) in [5.41, 5.74) is 3.42. The van der Waals surface area contributed by atoms with E-state index in [4.69, 9.17) is 23.8 Å². The van der Waals surface area contributed by atoms with E-state index in [1.807, 2.05) is 41.0 Å². The Hall–Kier alpha value is -2.09. The number of hydrogen-bond donors (Lipinski definition) is 1. The van der Waals surface area contributed by atoms with Crippen LogP contribution in [0, 0.1) is 16.1 Å². The molecule has 3 nitrogen and oxygen atoms in total. The molecular formula is C16H12ClN3S. The number of aromatic nitrogens is 2. The van der Waals surface area contributed by atoms with Crippen molar-refractivity contribution < 1.29 is 0 Å². The molecule has 0 saturated heterocycles. The van der Waals surface area contributed by atoms with Crippen molar-refractivity contribution in [2.75, 3.05) is 0 Å². The van der Waals surface area contributed by atoms with Crippen LogP contribution < -0.4 is 0 Å². The van der Waals surface area contributed by atoms with Gasteiger partial charge in [0.05, 0.1) is 22.6 Å². The standard InChI is InChI=1S/C16H12ClN3S/c1-10(11-5-7-13(17)8-6-11)20-14-4-2-3-12(9-18)15(14)19-16(20)21/h2-8,10H,1H3,(H,19,21). The van der Waals surface area contributed by atoms with Crippen molar-refractivity contribution in [1.82, 2.24) is 9.55 Å². The van der Waals surface area contributed by atoms with Crippen molar-refractivity contribution in [1.29, 1.82) is 5.26 Å². The van der Waals surface area contributed by atoms with Gasteiger partial charge in [-0.3, -0.25) is 0 Å². The Morgan fingerprint density at radius 2 is 1.95 bits per heavy atom. The van der Waals surface area contributed by atoms with Crippen molar-refractivity contribution in [3.8, 4) is 6.07 Å². The number of fused-ring (bicyclic) bond motifs is 1. The van der Waals surface area contributed by atoms with Gasteiger partial charge in [-0.05, 0) is 49.0 Å². The monoisotopic (exact) mass is 313 g/mol. The Morgan fingerprint density at radius 1 is 1.24 bits per heavy atom. The lowest BCUT2D eigenvalue weighted by Crippen LogP contribution is -2.06. The summed E-state index contributed by atoms with van der Waals surface area (Å²) in [4.78, 5) is 3.14. The molecule has 0 radical (unpaired) electrons. The van der Waals surface area contributed by atoms with E-state index in [-0.39, 0.29) is 6.04 Å². The van der Waals surface area contributed by atoms with Crippen molar-refractivity contribution >= 4 is 34.9 Å². The minimum Gasteiger partial charge on any atom is -0.329 e. The zero-order valence-electron chi connectivity index (χ0n) is 11.3. The molecule has 1 heterocycles. The average Bonchev–Trinajstić information content (AvgIpc) is 2.83. The first-order valence-corrected chi connectivity index (χ1v) is 7.29. The molecule has 1 unspecified atom stereocenters. The molecule has 3 aromatic rings. The van der Waals surface area contributed by atoms with Crippen LogP contribution in [0.3, 0.4) is 0 Å². The second kappa shape index (κ2) is 5.36. The number of nitrogens with zero attached hydrogens (tertiary/aromatic N) is 2. The topological polar surface area (TPSA) is 44.5 Å². The Labute approximate surface area is 132 Å². The van der Waals surface area contributed by atoms with Gasteiger partial charge in [0.15, 0.2) is 4.77 Å². The number of H-pyrrole nitrogens is 1. The molecule has 0 fully saturated rings. The number of nitriles is 1. The van der Waals surface area contributed by atoms with E-state index in [0.29, 0.717) is 15.4 Å². The molecule has 1 aromatic heterocycles. The molecule has 0 saturated carbocycles. The Kier molecular flexibility index (Phi) is 3.54. The summed E-state index contributed by atoms with van der Waals surface area (Å²) in [6.45, 7) is 2.07. The fraction of sp³-hybridized carbons (Fsp3) is 0.125. The third-order valence-electron chi connectivity index (χ3n) is 3.61. The predicted octanol–water partition coefficient (Wildman–Crippen LogP) is 4.83. The summed E-state index contributed by atoms with van der Waals surface area (Å²) < 4.78 is 2.63. The summed E-state index contributed by atoms with van der Waals surface area (Å²) in [6.07, 6.45) is 0. The minimum absolute atomic E-state index is 0.0532. The average molecular weight is 314 g/mol. The van der Waals surface area contributed by atoms with Crippen molar-refractivity contribution in [2.24, 2.45) is 0 Å². The lowest BCUT2D eigenvalue weighted by molar-refractivity contribution is 0.649. The first-order valence-electron chi connectivity index (χ1n) is 6.50. The van der Waals surface area contributed by atoms with Crippen LogP contribution >= 0.6 is 23.8 Å². The van der Waals surface area contributed by atoms with Gasteiger partial charge in [0.2, 0.25) is 0 Å². The molecule has 1 N–H and O–H groups in total. The number of halogens is 1. The van der Waals surface area contributed by atoms with Crippen LogP contribution in [-0.4, -0.2) is 9.55 Å². The molecule has 2 aromatic carbocycles. The van der Waals surface area contributed by atoms with Gasteiger partial charge in [0, 0.05) is 5.02 Å². The van der Waals surface area contributed by atoms with Crippen LogP contribution in [0.25, 0.3) is 11.0 Å². The molecule has 21 heavy (non-hydrogen) atoms. The number of benzene rings is 2. The number of aromatic amines is 1. The van der Waals surface area contributed by atoms with E-state index in [1.54, 1.807) is 6.07 Å². The van der Waals surface area contributed by atoms with Gasteiger partial charge in [-0.2, -0.15) is 5.26 Å². The molecule has 0 bridgehead atoms. The predicted molar refractivity (Wildman–Crippen MR) is 87.1 cm³/mol. The molecule has 1 atom stereocenters. The molecule has 0 aliphatic rings. The largest absolute Gasteiger partial charge is 0.329 e. The molecule has 0 aliphatic carbocycles. The highest BCUT2D eigenvalue weighted by molar-refractivity contribution is 7.71. The van der Waals surface area contributed by atoms with E-state index in [1.165, 1.54) is 0 Å². The van der Waals surface area contributed by atoms with Gasteiger partial charge < -0.3 is 9.55 Å². The van der Waals surface area contributed by atoms with Crippen LogP contribution in [0.1, 0.15) is 24.1 Å². The molecule has 3 rings (SSSR count). The lowest BCUT2D eigenvalue weighted by atomic mass is 10.1. The van der Waals surface area contributed by atoms with Crippen molar-refractivity contribution in [3.05, 3.63) is 63.4 Å². The maximum absolute atomic E-state index is 9.19. The summed E-state index contributed by atoms with van der Waals surface area (Å²) in [5.74, 6) is 0. The number of nitrogens with one attached hydrogen (secondary N) is 1. The lowest BCUT2D eigenvalue weighted by Gasteiger charge is -2.15. The Morgan fingerprint density at radius 3 is 2.62 bits per heavy atom. The maximum atomic E-state index is 9.19. The minimum atomic E-state index is 0.0532. The van der Waals surface area contributed by atoms with Crippen LogP contribution in [-0.2, 0) is 0 Å². The molecule has 0 aliphatic heterocycles. The van der Waals surface area contributed by atoms with E-state index in [2.05, 4.69) is 18.0 Å². The number of hydrogen-bond acceptors (Lipinski definition) is 2. The van der Waals surface area contributed by atoms with Gasteiger partial charge in [-0.15, -0.1) is 0 Å². The van der Waals surface area contributed by atoms with Gasteiger partial charge in [-0.1, -0.05) is 29.8 Å².